The minimum Gasteiger partial charge on any atom is -0.340 e. The van der Waals surface area contributed by atoms with Gasteiger partial charge in [0.2, 0.25) is 5.91 Å². The molecule has 0 radical (unpaired) electrons. The quantitative estimate of drug-likeness (QED) is 0.906. The highest BCUT2D eigenvalue weighted by molar-refractivity contribution is 7.12. The third kappa shape index (κ3) is 3.80. The SMILES string of the molecule is CC(NC(=O)c1cccs1)C(=O)N1CCCN(C)CC1. The maximum Gasteiger partial charge on any atom is 0.261 e. The smallest absolute Gasteiger partial charge is 0.261 e. The van der Waals surface area contributed by atoms with Crippen molar-refractivity contribution < 1.29 is 9.59 Å². The molecule has 1 aliphatic rings. The van der Waals surface area contributed by atoms with Crippen molar-refractivity contribution in [3.8, 4) is 0 Å². The van der Waals surface area contributed by atoms with Gasteiger partial charge < -0.3 is 15.1 Å². The highest BCUT2D eigenvalue weighted by Crippen LogP contribution is 2.09. The predicted octanol–water partition coefficient (Wildman–Crippen LogP) is 1.03. The molecule has 1 saturated heterocycles. The zero-order valence-electron chi connectivity index (χ0n) is 12.0. The summed E-state index contributed by atoms with van der Waals surface area (Å²) < 4.78 is 0. The summed E-state index contributed by atoms with van der Waals surface area (Å²) in [6, 6.07) is 3.11. The van der Waals surface area contributed by atoms with Crippen molar-refractivity contribution in [3.63, 3.8) is 0 Å². The molecule has 0 aliphatic carbocycles. The van der Waals surface area contributed by atoms with Gasteiger partial charge in [-0.2, -0.15) is 0 Å². The fourth-order valence-electron chi connectivity index (χ4n) is 2.28. The number of carbonyl (C=O) groups excluding carboxylic acids is 2. The highest BCUT2D eigenvalue weighted by atomic mass is 32.1. The Balaban J connectivity index is 1.89. The number of hydrogen-bond acceptors (Lipinski definition) is 4. The second-order valence-electron chi connectivity index (χ2n) is 5.15. The average Bonchev–Trinajstić information content (AvgIpc) is 2.88. The van der Waals surface area contributed by atoms with Crippen molar-refractivity contribution >= 4 is 23.2 Å². The van der Waals surface area contributed by atoms with Crippen LogP contribution in [-0.4, -0.2) is 60.9 Å². The highest BCUT2D eigenvalue weighted by Gasteiger charge is 2.24. The van der Waals surface area contributed by atoms with Crippen molar-refractivity contribution in [2.24, 2.45) is 0 Å². The van der Waals surface area contributed by atoms with Crippen LogP contribution in [0.1, 0.15) is 23.0 Å². The maximum absolute atomic E-state index is 12.4. The molecule has 110 valence electrons. The molecule has 2 rings (SSSR count). The minimum atomic E-state index is -0.479. The normalized spacial score (nSPS) is 18.4. The Bertz CT molecular complexity index is 461. The van der Waals surface area contributed by atoms with E-state index >= 15 is 0 Å². The molecule has 1 aliphatic heterocycles. The largest absolute Gasteiger partial charge is 0.340 e. The first-order chi connectivity index (χ1) is 9.58. The van der Waals surface area contributed by atoms with Crippen LogP contribution in [0.15, 0.2) is 17.5 Å². The summed E-state index contributed by atoms with van der Waals surface area (Å²) in [7, 11) is 2.07. The monoisotopic (exact) mass is 295 g/mol. The molecule has 2 amide bonds. The summed E-state index contributed by atoms with van der Waals surface area (Å²) in [6.45, 7) is 5.15. The lowest BCUT2D eigenvalue weighted by Crippen LogP contribution is -2.47. The molecule has 1 unspecified atom stereocenters. The van der Waals surface area contributed by atoms with Gasteiger partial charge in [-0.05, 0) is 38.4 Å². The van der Waals surface area contributed by atoms with Gasteiger partial charge in [-0.1, -0.05) is 6.07 Å². The van der Waals surface area contributed by atoms with Crippen LogP contribution in [0.2, 0.25) is 0 Å². The van der Waals surface area contributed by atoms with Crippen molar-refractivity contribution in [1.82, 2.24) is 15.1 Å². The molecule has 2 heterocycles. The average molecular weight is 295 g/mol. The maximum atomic E-state index is 12.4. The van der Waals surface area contributed by atoms with E-state index in [0.717, 1.165) is 32.6 Å². The zero-order valence-corrected chi connectivity index (χ0v) is 12.8. The summed E-state index contributed by atoms with van der Waals surface area (Å²) in [6.07, 6.45) is 0.980. The Morgan fingerprint density at radius 2 is 2.10 bits per heavy atom. The molecule has 0 aromatic carbocycles. The van der Waals surface area contributed by atoms with Gasteiger partial charge in [0.1, 0.15) is 6.04 Å². The molecule has 1 aromatic heterocycles. The van der Waals surface area contributed by atoms with Crippen LogP contribution in [0.3, 0.4) is 0 Å². The van der Waals surface area contributed by atoms with Gasteiger partial charge in [-0.3, -0.25) is 9.59 Å². The van der Waals surface area contributed by atoms with Gasteiger partial charge in [0.15, 0.2) is 0 Å². The number of amides is 2. The van der Waals surface area contributed by atoms with E-state index in [1.165, 1.54) is 11.3 Å². The van der Waals surface area contributed by atoms with Gasteiger partial charge >= 0.3 is 0 Å². The molecule has 20 heavy (non-hydrogen) atoms. The van der Waals surface area contributed by atoms with Crippen molar-refractivity contribution in [3.05, 3.63) is 22.4 Å². The van der Waals surface area contributed by atoms with E-state index in [-0.39, 0.29) is 11.8 Å². The Hall–Kier alpha value is -1.40. The van der Waals surface area contributed by atoms with Gasteiger partial charge in [-0.25, -0.2) is 0 Å². The predicted molar refractivity (Wildman–Crippen MR) is 79.9 cm³/mol. The van der Waals surface area contributed by atoms with E-state index in [4.69, 9.17) is 0 Å². The Labute approximate surface area is 123 Å². The molecular formula is C14H21N3O2S. The first kappa shape index (κ1) is 15.0. The zero-order chi connectivity index (χ0) is 14.5. The molecule has 0 spiro atoms. The lowest BCUT2D eigenvalue weighted by Gasteiger charge is -2.24. The van der Waals surface area contributed by atoms with Gasteiger partial charge in [-0.15, -0.1) is 11.3 Å². The summed E-state index contributed by atoms with van der Waals surface area (Å²) >= 11 is 1.38. The van der Waals surface area contributed by atoms with E-state index in [0.29, 0.717) is 4.88 Å². The van der Waals surface area contributed by atoms with Crippen LogP contribution in [0, 0.1) is 0 Å². The van der Waals surface area contributed by atoms with Crippen LogP contribution in [-0.2, 0) is 4.79 Å². The number of nitrogens with one attached hydrogen (secondary N) is 1. The number of carbonyl (C=O) groups is 2. The van der Waals surface area contributed by atoms with Crippen LogP contribution < -0.4 is 5.32 Å². The molecule has 6 heteroatoms. The number of thiophene rings is 1. The summed E-state index contributed by atoms with van der Waals surface area (Å²) in [5, 5.41) is 4.63. The lowest BCUT2D eigenvalue weighted by atomic mass is 10.2. The third-order valence-corrected chi connectivity index (χ3v) is 4.36. The molecule has 1 N–H and O–H groups in total. The molecule has 1 atom stereocenters. The summed E-state index contributed by atoms with van der Waals surface area (Å²) in [5.41, 5.74) is 0. The number of likely N-dealkylation sites (N-methyl/N-ethyl adjacent to an activating group) is 1. The lowest BCUT2D eigenvalue weighted by molar-refractivity contribution is -0.132. The Kier molecular flexibility index (Phi) is 5.14. The molecule has 1 fully saturated rings. The summed E-state index contributed by atoms with van der Waals surface area (Å²) in [5.74, 6) is -0.169. The number of nitrogens with zero attached hydrogens (tertiary/aromatic N) is 2. The van der Waals surface area contributed by atoms with Crippen LogP contribution in [0.5, 0.6) is 0 Å². The fourth-order valence-corrected chi connectivity index (χ4v) is 2.90. The topological polar surface area (TPSA) is 52.7 Å². The van der Waals surface area contributed by atoms with E-state index in [2.05, 4.69) is 17.3 Å². The number of hydrogen-bond donors (Lipinski definition) is 1. The molecular weight excluding hydrogens is 274 g/mol. The van der Waals surface area contributed by atoms with Gasteiger partial charge in [0.05, 0.1) is 4.88 Å². The molecule has 1 aromatic rings. The minimum absolute atomic E-state index is 0.00482. The first-order valence-electron chi connectivity index (χ1n) is 6.89. The van der Waals surface area contributed by atoms with Crippen molar-refractivity contribution in [2.75, 3.05) is 33.2 Å². The summed E-state index contributed by atoms with van der Waals surface area (Å²) in [4.78, 5) is 29.0. The van der Waals surface area contributed by atoms with Crippen molar-refractivity contribution in [1.29, 1.82) is 0 Å². The molecule has 0 saturated carbocycles. The van der Waals surface area contributed by atoms with E-state index in [1.807, 2.05) is 16.3 Å². The van der Waals surface area contributed by atoms with Gasteiger partial charge in [0, 0.05) is 19.6 Å². The Morgan fingerprint density at radius 1 is 1.30 bits per heavy atom. The standard InChI is InChI=1S/C14H21N3O2S/c1-11(15-13(18)12-5-3-10-20-12)14(19)17-7-4-6-16(2)8-9-17/h3,5,10-11H,4,6-9H2,1-2H3,(H,15,18). The number of rotatable bonds is 3. The van der Waals surface area contributed by atoms with E-state index in [9.17, 15) is 9.59 Å². The third-order valence-electron chi connectivity index (χ3n) is 3.49. The van der Waals surface area contributed by atoms with E-state index in [1.54, 1.807) is 13.0 Å². The molecule has 0 bridgehead atoms. The fraction of sp³-hybridized carbons (Fsp3) is 0.571. The van der Waals surface area contributed by atoms with E-state index < -0.39 is 6.04 Å². The van der Waals surface area contributed by atoms with Crippen molar-refractivity contribution in [2.45, 2.75) is 19.4 Å². The van der Waals surface area contributed by atoms with Crippen LogP contribution in [0.25, 0.3) is 0 Å². The van der Waals surface area contributed by atoms with Crippen LogP contribution in [0.4, 0.5) is 0 Å². The second kappa shape index (κ2) is 6.85. The first-order valence-corrected chi connectivity index (χ1v) is 7.77. The second-order valence-corrected chi connectivity index (χ2v) is 6.10. The van der Waals surface area contributed by atoms with Crippen LogP contribution >= 0.6 is 11.3 Å². The Morgan fingerprint density at radius 3 is 2.80 bits per heavy atom. The van der Waals surface area contributed by atoms with Gasteiger partial charge in [0.25, 0.3) is 5.91 Å². The molecule has 5 nitrogen and oxygen atoms in total.